The van der Waals surface area contributed by atoms with E-state index in [9.17, 15) is 44.1 Å². The van der Waals surface area contributed by atoms with Crippen LogP contribution in [0, 0.1) is 17.8 Å². The van der Waals surface area contributed by atoms with Gasteiger partial charge in [0.2, 0.25) is 17.3 Å². The summed E-state index contributed by atoms with van der Waals surface area (Å²) in [5.74, 6) is -9.09. The van der Waals surface area contributed by atoms with Gasteiger partial charge in [0.15, 0.2) is 6.29 Å². The third-order valence-electron chi connectivity index (χ3n) is 4.41. The van der Waals surface area contributed by atoms with Crippen molar-refractivity contribution in [1.29, 1.82) is 0 Å². The first-order valence-corrected chi connectivity index (χ1v) is 9.71. The second-order valence-electron chi connectivity index (χ2n) is 6.65. The van der Waals surface area contributed by atoms with Gasteiger partial charge in [-0.1, -0.05) is 47.2 Å². The average Bonchev–Trinajstić information content (AvgIpc) is 2.67. The molecule has 0 spiro atoms. The molecule has 0 bridgehead atoms. The number of hydrogen-bond acceptors (Lipinski definition) is 8. The third-order valence-corrected chi connectivity index (χ3v) is 5.40. The van der Waals surface area contributed by atoms with Crippen LogP contribution in [0.4, 0.5) is 0 Å². The van der Waals surface area contributed by atoms with Crippen LogP contribution in [0.25, 0.3) is 0 Å². The highest BCUT2D eigenvalue weighted by Crippen LogP contribution is 2.34. The zero-order valence-electron chi connectivity index (χ0n) is 16.1. The molecule has 160 valence electrons. The Balaban J connectivity index is 6.34. The zero-order chi connectivity index (χ0) is 22.9. The SMILES string of the molecule is C/C(=C\I)C(C(=O)O)C(C=CC(C)C(=O)C=O)C(C)(O)C(=O)C(=O)C(O)CC=O. The van der Waals surface area contributed by atoms with E-state index in [0.717, 1.165) is 19.1 Å². The van der Waals surface area contributed by atoms with Gasteiger partial charge in [-0.15, -0.1) is 0 Å². The summed E-state index contributed by atoms with van der Waals surface area (Å²) in [7, 11) is 0. The molecule has 9 nitrogen and oxygen atoms in total. The van der Waals surface area contributed by atoms with Crippen molar-refractivity contribution in [1.82, 2.24) is 0 Å². The van der Waals surface area contributed by atoms with E-state index in [2.05, 4.69) is 0 Å². The van der Waals surface area contributed by atoms with E-state index >= 15 is 0 Å². The molecule has 0 fully saturated rings. The molecule has 10 heteroatoms. The van der Waals surface area contributed by atoms with Crippen molar-refractivity contribution in [2.24, 2.45) is 17.8 Å². The highest BCUT2D eigenvalue weighted by atomic mass is 127. The number of aliphatic carboxylic acids is 1. The monoisotopic (exact) mass is 522 g/mol. The molecule has 3 N–H and O–H groups in total. The Kier molecular flexibility index (Phi) is 11.0. The highest BCUT2D eigenvalue weighted by molar-refractivity contribution is 14.1. The van der Waals surface area contributed by atoms with E-state index in [1.807, 2.05) is 0 Å². The number of ketones is 3. The van der Waals surface area contributed by atoms with Crippen LogP contribution in [0.3, 0.4) is 0 Å². The maximum atomic E-state index is 12.5. The van der Waals surface area contributed by atoms with Crippen LogP contribution in [0.2, 0.25) is 0 Å². The number of carboxylic acids is 1. The first-order valence-electron chi connectivity index (χ1n) is 8.46. The van der Waals surface area contributed by atoms with Gasteiger partial charge in [0.05, 0.1) is 5.92 Å². The van der Waals surface area contributed by atoms with Crippen LogP contribution in [0.15, 0.2) is 21.8 Å². The quantitative estimate of drug-likeness (QED) is 0.135. The summed E-state index contributed by atoms with van der Waals surface area (Å²) in [4.78, 5) is 69.1. The Morgan fingerprint density at radius 1 is 1.14 bits per heavy atom. The molecule has 0 aliphatic rings. The van der Waals surface area contributed by atoms with Crippen molar-refractivity contribution in [3.63, 3.8) is 0 Å². The van der Waals surface area contributed by atoms with Crippen LogP contribution in [0.5, 0.6) is 0 Å². The number of aliphatic hydroxyl groups is 2. The molecule has 0 heterocycles. The topological polar surface area (TPSA) is 163 Å². The molecule has 0 aliphatic carbocycles. The summed E-state index contributed by atoms with van der Waals surface area (Å²) >= 11 is 1.77. The lowest BCUT2D eigenvalue weighted by Gasteiger charge is -2.34. The standard InChI is InChI=1S/C19H23IO9/c1-10(14(24)9-22)4-5-12(15(18(27)28)11(2)8-20)19(3,29)17(26)16(25)13(23)6-7-21/h4-5,7-10,12-13,15,23,29H,6H2,1-3H3,(H,27,28)/b5-4?,11-8+. The number of rotatable bonds is 13. The number of aliphatic hydroxyl groups excluding tert-OH is 1. The van der Waals surface area contributed by atoms with E-state index < -0.39 is 59.2 Å². The number of aldehydes is 2. The number of hydrogen-bond donors (Lipinski definition) is 3. The van der Waals surface area contributed by atoms with Crippen molar-refractivity contribution in [2.45, 2.75) is 38.9 Å². The largest absolute Gasteiger partial charge is 0.481 e. The average molecular weight is 522 g/mol. The van der Waals surface area contributed by atoms with E-state index in [1.165, 1.54) is 17.9 Å². The van der Waals surface area contributed by atoms with Crippen LogP contribution in [-0.2, 0) is 28.8 Å². The van der Waals surface area contributed by atoms with Gasteiger partial charge in [0.25, 0.3) is 0 Å². The Hall–Kier alpha value is -2.05. The van der Waals surface area contributed by atoms with Gasteiger partial charge in [-0.05, 0) is 17.9 Å². The summed E-state index contributed by atoms with van der Waals surface area (Å²) in [6.07, 6.45) is -0.0931. The summed E-state index contributed by atoms with van der Waals surface area (Å²) in [5, 5.41) is 30.1. The number of carbonyl (C=O) groups excluding carboxylic acids is 5. The van der Waals surface area contributed by atoms with Gasteiger partial charge in [-0.3, -0.25) is 24.0 Å². The highest BCUT2D eigenvalue weighted by Gasteiger charge is 2.48. The van der Waals surface area contributed by atoms with Gasteiger partial charge >= 0.3 is 5.97 Å². The molecule has 0 aromatic heterocycles. The van der Waals surface area contributed by atoms with E-state index in [0.29, 0.717) is 0 Å². The van der Waals surface area contributed by atoms with Crippen molar-refractivity contribution < 1.29 is 44.1 Å². The minimum atomic E-state index is -2.59. The zero-order valence-corrected chi connectivity index (χ0v) is 18.2. The molecule has 0 aromatic rings. The Morgan fingerprint density at radius 3 is 2.10 bits per heavy atom. The number of halogens is 1. The first kappa shape index (κ1) is 27.0. The summed E-state index contributed by atoms with van der Waals surface area (Å²) in [5.41, 5.74) is -2.35. The number of carbonyl (C=O) groups is 6. The summed E-state index contributed by atoms with van der Waals surface area (Å²) in [6.45, 7) is 3.71. The Morgan fingerprint density at radius 2 is 1.69 bits per heavy atom. The fourth-order valence-electron chi connectivity index (χ4n) is 2.56. The molecule has 0 aromatic carbocycles. The van der Waals surface area contributed by atoms with Gasteiger partial charge < -0.3 is 20.1 Å². The normalized spacial score (nSPS) is 18.2. The molecule has 0 rings (SSSR count). The van der Waals surface area contributed by atoms with E-state index in [1.54, 1.807) is 22.6 Å². The maximum absolute atomic E-state index is 12.5. The van der Waals surface area contributed by atoms with Gasteiger partial charge in [0.1, 0.15) is 18.0 Å². The number of Topliss-reactive ketones (excluding diaryl/α,β-unsaturated/α-hetero) is 3. The summed E-state index contributed by atoms with van der Waals surface area (Å²) < 4.78 is 1.42. The van der Waals surface area contributed by atoms with Crippen molar-refractivity contribution >= 4 is 58.5 Å². The lowest BCUT2D eigenvalue weighted by atomic mass is 9.72. The molecule has 0 saturated heterocycles. The van der Waals surface area contributed by atoms with Crippen molar-refractivity contribution in [3.05, 3.63) is 21.8 Å². The molecule has 29 heavy (non-hydrogen) atoms. The van der Waals surface area contributed by atoms with Gasteiger partial charge in [0, 0.05) is 18.3 Å². The molecule has 0 aliphatic heterocycles. The minimum absolute atomic E-state index is 0.0806. The van der Waals surface area contributed by atoms with Crippen molar-refractivity contribution in [2.75, 3.05) is 0 Å². The molecule has 0 radical (unpaired) electrons. The van der Waals surface area contributed by atoms with Crippen LogP contribution in [0.1, 0.15) is 27.2 Å². The van der Waals surface area contributed by atoms with Crippen LogP contribution >= 0.6 is 22.6 Å². The minimum Gasteiger partial charge on any atom is -0.481 e. The fourth-order valence-corrected chi connectivity index (χ4v) is 2.95. The van der Waals surface area contributed by atoms with E-state index in [4.69, 9.17) is 0 Å². The fraction of sp³-hybridized carbons (Fsp3) is 0.474. The Labute approximate surface area is 181 Å². The number of carboxylic acid groups (broad SMARTS) is 1. The second-order valence-corrected chi connectivity index (χ2v) is 7.27. The molecule has 0 amide bonds. The van der Waals surface area contributed by atoms with Crippen LogP contribution in [-0.4, -0.2) is 62.9 Å². The number of allylic oxidation sites excluding steroid dienone is 1. The third kappa shape index (κ3) is 7.05. The molecular formula is C19H23IO9. The second kappa shape index (κ2) is 11.8. The maximum Gasteiger partial charge on any atom is 0.311 e. The first-order chi connectivity index (χ1) is 13.4. The predicted octanol–water partition coefficient (Wildman–Crippen LogP) is 0.442. The molecule has 5 atom stereocenters. The van der Waals surface area contributed by atoms with Crippen molar-refractivity contribution in [3.8, 4) is 0 Å². The summed E-state index contributed by atoms with van der Waals surface area (Å²) in [6, 6.07) is 0. The lowest BCUT2D eigenvalue weighted by molar-refractivity contribution is -0.158. The molecular weight excluding hydrogens is 499 g/mol. The van der Waals surface area contributed by atoms with Gasteiger partial charge in [-0.25, -0.2) is 0 Å². The Bertz CT molecular complexity index is 736. The van der Waals surface area contributed by atoms with E-state index in [-0.39, 0.29) is 18.1 Å². The van der Waals surface area contributed by atoms with Gasteiger partial charge in [-0.2, -0.15) is 0 Å². The molecule has 0 saturated carbocycles. The lowest BCUT2D eigenvalue weighted by Crippen LogP contribution is -2.52. The van der Waals surface area contributed by atoms with Crippen LogP contribution < -0.4 is 0 Å². The predicted molar refractivity (Wildman–Crippen MR) is 109 cm³/mol. The molecule has 5 unspecified atom stereocenters. The smallest absolute Gasteiger partial charge is 0.311 e.